The highest BCUT2D eigenvalue weighted by Crippen LogP contribution is 2.17. The Bertz CT molecular complexity index is 517. The van der Waals surface area contributed by atoms with E-state index in [2.05, 4.69) is 12.0 Å². The van der Waals surface area contributed by atoms with Crippen LogP contribution in [0.15, 0.2) is 30.5 Å². The van der Waals surface area contributed by atoms with E-state index in [0.29, 0.717) is 10.6 Å². The molecule has 1 heterocycles. The predicted octanol–water partition coefficient (Wildman–Crippen LogP) is 3.29. The van der Waals surface area contributed by atoms with Crippen LogP contribution in [-0.4, -0.2) is 16.1 Å². The van der Waals surface area contributed by atoms with Gasteiger partial charge in [-0.25, -0.2) is 4.68 Å². The molecule has 0 fully saturated rings. The third-order valence-corrected chi connectivity index (χ3v) is 2.84. The maximum atomic E-state index is 10.9. The third kappa shape index (κ3) is 2.39. The number of aldehydes is 1. The molecule has 2 aromatic rings. The summed E-state index contributed by atoms with van der Waals surface area (Å²) in [5, 5.41) is 4.94. The molecule has 0 aliphatic heterocycles. The second-order valence-corrected chi connectivity index (χ2v) is 4.24. The lowest BCUT2D eigenvalue weighted by Gasteiger charge is -2.07. The van der Waals surface area contributed by atoms with Crippen LogP contribution < -0.4 is 0 Å². The number of benzene rings is 1. The molecule has 0 N–H and O–H groups in total. The van der Waals surface area contributed by atoms with Crippen LogP contribution in [0.1, 0.15) is 29.4 Å². The molecule has 0 saturated carbocycles. The summed E-state index contributed by atoms with van der Waals surface area (Å²) in [4.78, 5) is 10.9. The standard InChI is InChI=1S/C13H13ClN2O/c1-2-3-13-10(9-17)8-15-16(13)12-6-4-11(14)5-7-12/h4-9H,2-3H2,1H3. The fourth-order valence-electron chi connectivity index (χ4n) is 1.78. The molecule has 0 aliphatic carbocycles. The van der Waals surface area contributed by atoms with Crippen LogP contribution >= 0.6 is 11.6 Å². The summed E-state index contributed by atoms with van der Waals surface area (Å²) in [5.41, 5.74) is 2.53. The first-order valence-corrected chi connectivity index (χ1v) is 5.92. The normalized spacial score (nSPS) is 10.5. The minimum atomic E-state index is 0.654. The van der Waals surface area contributed by atoms with Gasteiger partial charge in [0.1, 0.15) is 0 Å². The minimum absolute atomic E-state index is 0.654. The first kappa shape index (κ1) is 11.9. The van der Waals surface area contributed by atoms with Gasteiger partial charge in [0, 0.05) is 5.02 Å². The van der Waals surface area contributed by atoms with E-state index < -0.39 is 0 Å². The number of rotatable bonds is 4. The second-order valence-electron chi connectivity index (χ2n) is 3.80. The number of carbonyl (C=O) groups is 1. The van der Waals surface area contributed by atoms with Crippen molar-refractivity contribution in [3.05, 3.63) is 46.7 Å². The lowest BCUT2D eigenvalue weighted by molar-refractivity contribution is 0.112. The maximum absolute atomic E-state index is 10.9. The van der Waals surface area contributed by atoms with Crippen LogP contribution in [0.3, 0.4) is 0 Å². The molecule has 3 nitrogen and oxygen atoms in total. The lowest BCUT2D eigenvalue weighted by atomic mass is 10.1. The monoisotopic (exact) mass is 248 g/mol. The highest BCUT2D eigenvalue weighted by molar-refractivity contribution is 6.30. The smallest absolute Gasteiger partial charge is 0.153 e. The van der Waals surface area contributed by atoms with E-state index in [1.165, 1.54) is 0 Å². The molecule has 88 valence electrons. The van der Waals surface area contributed by atoms with Gasteiger partial charge in [0.05, 0.1) is 23.1 Å². The Morgan fingerprint density at radius 2 is 2.06 bits per heavy atom. The van der Waals surface area contributed by atoms with Crippen molar-refractivity contribution in [2.75, 3.05) is 0 Å². The van der Waals surface area contributed by atoms with E-state index in [0.717, 1.165) is 30.5 Å². The van der Waals surface area contributed by atoms with Crippen LogP contribution in [0, 0.1) is 0 Å². The van der Waals surface area contributed by atoms with Crippen molar-refractivity contribution in [1.29, 1.82) is 0 Å². The topological polar surface area (TPSA) is 34.9 Å². The van der Waals surface area contributed by atoms with E-state index in [1.54, 1.807) is 10.9 Å². The number of carbonyl (C=O) groups excluding carboxylic acids is 1. The summed E-state index contributed by atoms with van der Waals surface area (Å²) in [5.74, 6) is 0. The zero-order valence-corrected chi connectivity index (χ0v) is 10.3. The zero-order chi connectivity index (χ0) is 12.3. The number of aromatic nitrogens is 2. The highest BCUT2D eigenvalue weighted by atomic mass is 35.5. The number of hydrogen-bond acceptors (Lipinski definition) is 2. The first-order valence-electron chi connectivity index (χ1n) is 5.54. The molecule has 0 aliphatic rings. The summed E-state index contributed by atoms with van der Waals surface area (Å²) in [6.07, 6.45) is 4.26. The van der Waals surface area contributed by atoms with Crippen molar-refractivity contribution in [3.63, 3.8) is 0 Å². The summed E-state index contributed by atoms with van der Waals surface area (Å²) >= 11 is 5.85. The molecule has 0 spiro atoms. The quantitative estimate of drug-likeness (QED) is 0.779. The Morgan fingerprint density at radius 3 is 2.65 bits per heavy atom. The Labute approximate surface area is 105 Å². The molecule has 0 amide bonds. The van der Waals surface area contributed by atoms with Crippen LogP contribution in [0.25, 0.3) is 5.69 Å². The highest BCUT2D eigenvalue weighted by Gasteiger charge is 2.10. The average molecular weight is 249 g/mol. The van der Waals surface area contributed by atoms with Crippen molar-refractivity contribution >= 4 is 17.9 Å². The van der Waals surface area contributed by atoms with E-state index in [9.17, 15) is 4.79 Å². The minimum Gasteiger partial charge on any atom is -0.298 e. The first-order chi connectivity index (χ1) is 8.26. The number of nitrogens with zero attached hydrogens (tertiary/aromatic N) is 2. The van der Waals surface area contributed by atoms with Gasteiger partial charge < -0.3 is 0 Å². The average Bonchev–Trinajstić information content (AvgIpc) is 2.74. The third-order valence-electron chi connectivity index (χ3n) is 2.59. The molecular weight excluding hydrogens is 236 g/mol. The molecule has 4 heteroatoms. The van der Waals surface area contributed by atoms with Crippen molar-refractivity contribution in [3.8, 4) is 5.69 Å². The lowest BCUT2D eigenvalue weighted by Crippen LogP contribution is -2.03. The van der Waals surface area contributed by atoms with Crippen LogP contribution in [0.2, 0.25) is 5.02 Å². The van der Waals surface area contributed by atoms with Crippen LogP contribution in [0.4, 0.5) is 0 Å². The van der Waals surface area contributed by atoms with E-state index in [1.807, 2.05) is 24.3 Å². The maximum Gasteiger partial charge on any atom is 0.153 e. The van der Waals surface area contributed by atoms with Crippen LogP contribution in [0.5, 0.6) is 0 Å². The SMILES string of the molecule is CCCc1c(C=O)cnn1-c1ccc(Cl)cc1. The van der Waals surface area contributed by atoms with E-state index >= 15 is 0 Å². The Hall–Kier alpha value is -1.61. The van der Waals surface area contributed by atoms with Crippen LogP contribution in [-0.2, 0) is 6.42 Å². The van der Waals surface area contributed by atoms with Gasteiger partial charge in [-0.3, -0.25) is 4.79 Å². The van der Waals surface area contributed by atoms with Crippen molar-refractivity contribution in [1.82, 2.24) is 9.78 Å². The van der Waals surface area contributed by atoms with Gasteiger partial charge in [0.25, 0.3) is 0 Å². The van der Waals surface area contributed by atoms with Crippen molar-refractivity contribution in [2.24, 2.45) is 0 Å². The summed E-state index contributed by atoms with van der Waals surface area (Å²) in [6.45, 7) is 2.08. The van der Waals surface area contributed by atoms with Crippen molar-refractivity contribution in [2.45, 2.75) is 19.8 Å². The Kier molecular flexibility index (Phi) is 3.59. The van der Waals surface area contributed by atoms with Gasteiger partial charge in [-0.05, 0) is 30.7 Å². The summed E-state index contributed by atoms with van der Waals surface area (Å²) < 4.78 is 1.80. The van der Waals surface area contributed by atoms with Gasteiger partial charge in [0.2, 0.25) is 0 Å². The predicted molar refractivity (Wildman–Crippen MR) is 68.0 cm³/mol. The Balaban J connectivity index is 2.47. The van der Waals surface area contributed by atoms with Gasteiger partial charge >= 0.3 is 0 Å². The molecule has 0 unspecified atom stereocenters. The Morgan fingerprint density at radius 1 is 1.35 bits per heavy atom. The molecule has 1 aromatic heterocycles. The number of hydrogen-bond donors (Lipinski definition) is 0. The fraction of sp³-hybridized carbons (Fsp3) is 0.231. The van der Waals surface area contributed by atoms with Crippen molar-refractivity contribution < 1.29 is 4.79 Å². The van der Waals surface area contributed by atoms with Gasteiger partial charge in [-0.2, -0.15) is 5.10 Å². The molecule has 17 heavy (non-hydrogen) atoms. The molecule has 0 bridgehead atoms. The largest absolute Gasteiger partial charge is 0.298 e. The van der Waals surface area contributed by atoms with Gasteiger partial charge in [-0.1, -0.05) is 24.9 Å². The molecule has 2 rings (SSSR count). The molecule has 0 atom stereocenters. The fourth-order valence-corrected chi connectivity index (χ4v) is 1.90. The second kappa shape index (κ2) is 5.15. The van der Waals surface area contributed by atoms with Gasteiger partial charge in [0.15, 0.2) is 6.29 Å². The zero-order valence-electron chi connectivity index (χ0n) is 9.56. The van der Waals surface area contributed by atoms with Gasteiger partial charge in [-0.15, -0.1) is 0 Å². The summed E-state index contributed by atoms with van der Waals surface area (Å²) in [6, 6.07) is 7.41. The number of halogens is 1. The molecule has 0 saturated heterocycles. The molecule has 0 radical (unpaired) electrons. The molecular formula is C13H13ClN2O. The van der Waals surface area contributed by atoms with E-state index in [4.69, 9.17) is 11.6 Å². The molecule has 1 aromatic carbocycles. The summed E-state index contributed by atoms with van der Waals surface area (Å²) in [7, 11) is 0. The van der Waals surface area contributed by atoms with E-state index in [-0.39, 0.29) is 0 Å².